The van der Waals surface area contributed by atoms with Crippen molar-refractivity contribution in [1.82, 2.24) is 14.1 Å². The summed E-state index contributed by atoms with van der Waals surface area (Å²) in [4.78, 5) is 109. The topological polar surface area (TPSA) is 296 Å². The lowest BCUT2D eigenvalue weighted by Gasteiger charge is -2.24. The van der Waals surface area contributed by atoms with Crippen LogP contribution in [-0.4, -0.2) is 147 Å². The molecule has 0 fully saturated rings. The summed E-state index contributed by atoms with van der Waals surface area (Å²) in [5.74, 6) is -3.42. The van der Waals surface area contributed by atoms with Crippen LogP contribution in [0.5, 0.6) is 0 Å². The van der Waals surface area contributed by atoms with Gasteiger partial charge in [-0.2, -0.15) is 0 Å². The highest BCUT2D eigenvalue weighted by molar-refractivity contribution is 14.1. The zero-order valence-electron chi connectivity index (χ0n) is 81.9. The summed E-state index contributed by atoms with van der Waals surface area (Å²) in [6.45, 7) is 35.6. The second-order valence-electron chi connectivity index (χ2n) is 38.3. The van der Waals surface area contributed by atoms with E-state index in [0.717, 1.165) is 61.1 Å². The molecule has 0 unspecified atom stereocenters. The van der Waals surface area contributed by atoms with Crippen LogP contribution in [0.1, 0.15) is 166 Å². The number of carboxylic acids is 3. The maximum Gasteiger partial charge on any atom is 0.337 e. The third-order valence-electron chi connectivity index (χ3n) is 21.8. The number of esters is 2. The van der Waals surface area contributed by atoms with Gasteiger partial charge in [0.25, 0.3) is 0 Å². The lowest BCUT2D eigenvalue weighted by atomic mass is 9.86. The summed E-state index contributed by atoms with van der Waals surface area (Å²) >= 11 is 35.8. The Balaban J connectivity index is 0.000000222. The first kappa shape index (κ1) is 111. The number of nitrogens with zero attached hydrogens (tertiary/aromatic N) is 7. The van der Waals surface area contributed by atoms with Crippen molar-refractivity contribution in [3.63, 3.8) is 0 Å². The number of fused-ring (bicyclic) bond motifs is 6. The molecule has 13 aromatic rings. The number of carbonyl (C=O) groups is 5. The summed E-state index contributed by atoms with van der Waals surface area (Å²) in [5.41, 5.74) is 20.8. The Bertz CT molecular complexity index is 6760. The van der Waals surface area contributed by atoms with Gasteiger partial charge in [-0.3, -0.25) is 28.8 Å². The number of hydrogen-bond acceptors (Lipinski definition) is 17. The number of anilines is 8. The van der Waals surface area contributed by atoms with Crippen molar-refractivity contribution in [2.24, 2.45) is 0 Å². The van der Waals surface area contributed by atoms with Gasteiger partial charge in [0.15, 0.2) is 16.3 Å². The van der Waals surface area contributed by atoms with Gasteiger partial charge in [-0.05, 0) is 213 Å². The third kappa shape index (κ3) is 27.9. The molecule has 13 rings (SSSR count). The Morgan fingerprint density at radius 2 is 0.748 bits per heavy atom. The largest absolute Gasteiger partial charge is 0.480 e. The number of carbonyl (C=O) groups excluding carboxylic acids is 2. The van der Waals surface area contributed by atoms with Gasteiger partial charge < -0.3 is 74.5 Å². The molecule has 722 valence electrons. The van der Waals surface area contributed by atoms with E-state index in [1.165, 1.54) is 9.13 Å². The number of benzene rings is 10. The molecule has 0 saturated heterocycles. The van der Waals surface area contributed by atoms with E-state index in [1.807, 2.05) is 213 Å². The smallest absolute Gasteiger partial charge is 0.337 e. The fraction of sp³-hybridized carbons (Fsp3) is 0.352. The zero-order chi connectivity index (χ0) is 102. The Hall–Kier alpha value is -10.5. The number of aliphatic carboxylic acids is 1. The fourth-order valence-electron chi connectivity index (χ4n) is 14.8. The van der Waals surface area contributed by atoms with Gasteiger partial charge in [0.2, 0.25) is 0 Å². The van der Waals surface area contributed by atoms with Crippen LogP contribution in [0.15, 0.2) is 178 Å². The number of aromatic amines is 1. The molecule has 0 aliphatic carbocycles. The lowest BCUT2D eigenvalue weighted by molar-refractivity contribution is -0.143. The van der Waals surface area contributed by atoms with Gasteiger partial charge in [-0.15, -0.1) is 0 Å². The van der Waals surface area contributed by atoms with Crippen LogP contribution in [0.4, 0.5) is 45.5 Å². The average molecular weight is 2170 g/mol. The Morgan fingerprint density at radius 3 is 1.13 bits per heavy atom. The number of halogens is 7. The van der Waals surface area contributed by atoms with Crippen LogP contribution in [0.3, 0.4) is 0 Å². The van der Waals surface area contributed by atoms with E-state index in [4.69, 9.17) is 73.6 Å². The van der Waals surface area contributed by atoms with Crippen molar-refractivity contribution in [2.75, 3.05) is 124 Å². The predicted molar refractivity (Wildman–Crippen MR) is 584 cm³/mol. The maximum absolute atomic E-state index is 13.3. The zero-order valence-corrected chi connectivity index (χ0v) is 90.0. The highest BCUT2D eigenvalue weighted by Crippen LogP contribution is 2.42. The van der Waals surface area contributed by atoms with E-state index < -0.39 is 17.9 Å². The minimum atomic E-state index is -0.983. The monoisotopic (exact) mass is 2160 g/mol. The molecule has 0 atom stereocenters. The first-order valence-electron chi connectivity index (χ1n) is 43.5. The molecule has 0 saturated carbocycles. The summed E-state index contributed by atoms with van der Waals surface area (Å²) < 4.78 is 14.9. The number of nitrogens with two attached hydrogens (primary N) is 1. The van der Waals surface area contributed by atoms with E-state index in [1.54, 1.807) is 85.1 Å². The predicted octanol–water partition coefficient (Wildman–Crippen LogP) is 25.1. The molecular weight excluding hydrogens is 2040 g/mol. The molecular formula is C105H125Cl5I2N10O13. The molecule has 0 bridgehead atoms. The number of carboxylic acid groups (broad SMARTS) is 3. The molecule has 23 nitrogen and oxygen atoms in total. The van der Waals surface area contributed by atoms with Gasteiger partial charge in [-0.1, -0.05) is 227 Å². The molecule has 3 aromatic heterocycles. The van der Waals surface area contributed by atoms with Crippen molar-refractivity contribution in [3.8, 4) is 0 Å². The summed E-state index contributed by atoms with van der Waals surface area (Å²) in [5, 5.41) is 37.5. The first-order chi connectivity index (χ1) is 62.6. The molecule has 30 heteroatoms. The van der Waals surface area contributed by atoms with Crippen LogP contribution in [-0.2, 0) is 64.0 Å². The molecule has 0 spiro atoms. The first-order valence-corrected chi connectivity index (χ1v) is 48.0. The van der Waals surface area contributed by atoms with Gasteiger partial charge in [-0.25, -0.2) is 9.59 Å². The number of aromatic nitrogens is 3. The number of para-hydroxylation sites is 2. The lowest BCUT2D eigenvalue weighted by Crippen LogP contribution is -2.21. The van der Waals surface area contributed by atoms with Gasteiger partial charge in [0.05, 0.1) is 127 Å². The third-order valence-corrected chi connectivity index (χ3v) is 24.8. The van der Waals surface area contributed by atoms with Crippen molar-refractivity contribution >= 4 is 244 Å². The van der Waals surface area contributed by atoms with E-state index >= 15 is 0 Å². The summed E-state index contributed by atoms with van der Waals surface area (Å²) in [7, 11) is 19.0. The number of hydrogen-bond donors (Lipinski definition) is 6. The van der Waals surface area contributed by atoms with Crippen molar-refractivity contribution in [1.29, 1.82) is 0 Å². The SMILES string of the molecule is CC(C)(C)c1ccc(C(=O)O)c(N)c1.CCOC(=O)CI.CCOC(=O)Cn1c2cc(C(C)(C)C)ccc2c(=O)c2ccc(Cl)c(N(C)C)c21.CN(C)c1c(Cl)ccc2c(=O)c3ccc(C(C)(C)C)cc3[nH]c12.CN(C)c1c(Cl)ccc2c(=O)c3ccc(C(C)(C)C)cc3n(CC(=O)O)c12.CN(C)c1c(Cl)cccc1I.CN(C)c1c(Cl)cccc1Nc1cc(C(C)(C)C)ccc1C(=O)O. The minimum Gasteiger partial charge on any atom is -0.480 e. The molecule has 3 heterocycles. The number of aromatic carboxylic acids is 2. The van der Waals surface area contributed by atoms with Crippen LogP contribution < -0.4 is 51.8 Å². The van der Waals surface area contributed by atoms with Gasteiger partial charge in [0.1, 0.15) is 13.1 Å². The Labute approximate surface area is 843 Å². The van der Waals surface area contributed by atoms with Gasteiger partial charge in [0, 0.05) is 112 Å². The van der Waals surface area contributed by atoms with Crippen LogP contribution in [0, 0.1) is 3.57 Å². The van der Waals surface area contributed by atoms with E-state index in [-0.39, 0.29) is 79.5 Å². The van der Waals surface area contributed by atoms with Crippen LogP contribution >= 0.6 is 103 Å². The van der Waals surface area contributed by atoms with Crippen molar-refractivity contribution in [2.45, 2.75) is 158 Å². The van der Waals surface area contributed by atoms with Crippen LogP contribution in [0.25, 0.3) is 65.4 Å². The maximum atomic E-state index is 13.3. The number of nitrogens with one attached hydrogen (secondary N) is 2. The standard InChI is InChI=1S/C23H27ClN2O3.C21H23ClN2O3.C19H23ClN2O2.C19H21ClN2O.C11H15NO2.C8H9ClIN.C4H7IO2/c1-7-29-19(27)13-26-18-12-14(23(2,3)4)8-9-15(18)22(28)16-10-11-17(24)21(20(16)26)25(5)6;1-21(2,3)12-6-7-13-16(10-12)24(11-17(25)26)18-14(20(13)27)8-9-15(22)19(18)23(4)5;1-19(2,3)12-9-10-13(18(23)24)16(11-12)21-15-8-6-7-14(20)17(15)22(4)5;1-19(2,3)11-6-7-12-15(10-11)21-16-13(18(12)23)8-9-14(20)17(16)22(4)5;1-11(2,3)7-4-5-8(10(13)14)9(12)6-7;1-11(2)8-6(9)4-3-5-7(8)10;1-2-7-4(6)3-5/h8-12H,7,13H2,1-6H3;6-10H,11H2,1-5H3,(H,25,26);6-11,21H,1-5H3,(H,23,24);6-10H,1-5H3,(H,21,23);4-6H,12H2,1-3H3,(H,13,14);3-5H,1-2H3;2-3H2,1H3. The number of ether oxygens (including phenoxy) is 2. The van der Waals surface area contributed by atoms with E-state index in [0.29, 0.717) is 115 Å². The Kier molecular flexibility index (Phi) is 38.4. The highest BCUT2D eigenvalue weighted by atomic mass is 127. The molecule has 0 aliphatic rings. The van der Waals surface area contributed by atoms with E-state index in [2.05, 4.69) is 148 Å². The number of rotatable bonds is 16. The highest BCUT2D eigenvalue weighted by Gasteiger charge is 2.28. The van der Waals surface area contributed by atoms with Crippen molar-refractivity contribution in [3.05, 3.63) is 262 Å². The van der Waals surface area contributed by atoms with Crippen LogP contribution in [0.2, 0.25) is 25.1 Å². The number of alkyl halides is 1. The fourth-order valence-corrected chi connectivity index (χ4v) is 17.8. The van der Waals surface area contributed by atoms with Crippen molar-refractivity contribution < 1.29 is 48.8 Å². The normalized spacial score (nSPS) is 11.4. The molecule has 0 amide bonds. The summed E-state index contributed by atoms with van der Waals surface area (Å²) in [6, 6.07) is 49.8. The number of H-pyrrole nitrogens is 1. The average Bonchev–Trinajstić information content (AvgIpc) is 0.731. The molecule has 135 heavy (non-hydrogen) atoms. The van der Waals surface area contributed by atoms with Gasteiger partial charge >= 0.3 is 29.8 Å². The number of pyridine rings is 3. The molecule has 0 aliphatic heterocycles. The minimum absolute atomic E-state index is 0.00407. The molecule has 0 radical (unpaired) electrons. The van der Waals surface area contributed by atoms with E-state index in [9.17, 15) is 48.6 Å². The second-order valence-corrected chi connectivity index (χ2v) is 42.2. The number of nitrogen functional groups attached to an aromatic ring is 1. The molecule has 10 aromatic carbocycles. The molecule has 7 N–H and O–H groups in total. The quantitative estimate of drug-likeness (QED) is 0.0172. The second kappa shape index (κ2) is 46.5. The Morgan fingerprint density at radius 1 is 0.400 bits per heavy atom. The summed E-state index contributed by atoms with van der Waals surface area (Å²) in [6.07, 6.45) is 0.